The van der Waals surface area contributed by atoms with Gasteiger partial charge in [0, 0.05) is 23.1 Å². The van der Waals surface area contributed by atoms with E-state index in [4.69, 9.17) is 11.5 Å². The van der Waals surface area contributed by atoms with Crippen LogP contribution in [0.1, 0.15) is 26.3 Å². The van der Waals surface area contributed by atoms with Gasteiger partial charge >= 0.3 is 0 Å². The number of nitrogen functional groups attached to an aromatic ring is 1. The van der Waals surface area contributed by atoms with Crippen LogP contribution < -0.4 is 22.1 Å². The Balaban J connectivity index is 1.41. The topological polar surface area (TPSA) is 123 Å². The standard InChI is InChI=1S/C24H20FN5O2/c25-18-8-9-20(19(26)12-18)30-24(32)16-3-1-14(2-4-16)13-28-22-10-7-15-5-6-17(23(27)31)11-21(15)29-22/h1-12H,13,26H2,(H2,27,31)(H,28,29)(H,30,32). The van der Waals surface area contributed by atoms with E-state index in [2.05, 4.69) is 15.6 Å². The van der Waals surface area contributed by atoms with Crippen LogP contribution in [-0.2, 0) is 6.54 Å². The van der Waals surface area contributed by atoms with E-state index in [-0.39, 0.29) is 11.6 Å². The second kappa shape index (κ2) is 8.73. The normalized spacial score (nSPS) is 10.7. The van der Waals surface area contributed by atoms with Crippen molar-refractivity contribution < 1.29 is 14.0 Å². The third-order valence-electron chi connectivity index (χ3n) is 4.93. The van der Waals surface area contributed by atoms with E-state index < -0.39 is 11.7 Å². The van der Waals surface area contributed by atoms with Crippen LogP contribution in [0.15, 0.2) is 72.8 Å². The van der Waals surface area contributed by atoms with Crippen LogP contribution in [0, 0.1) is 5.82 Å². The van der Waals surface area contributed by atoms with Crippen molar-refractivity contribution in [2.24, 2.45) is 5.73 Å². The van der Waals surface area contributed by atoms with Gasteiger partial charge < -0.3 is 22.1 Å². The van der Waals surface area contributed by atoms with Crippen LogP contribution in [0.4, 0.5) is 21.6 Å². The molecule has 7 nitrogen and oxygen atoms in total. The molecule has 1 heterocycles. The van der Waals surface area contributed by atoms with Crippen molar-refractivity contribution in [1.82, 2.24) is 4.98 Å². The van der Waals surface area contributed by atoms with E-state index in [1.807, 2.05) is 24.3 Å². The number of benzene rings is 3. The summed E-state index contributed by atoms with van der Waals surface area (Å²) in [6.45, 7) is 0.487. The van der Waals surface area contributed by atoms with Gasteiger partial charge in [-0.1, -0.05) is 18.2 Å². The summed E-state index contributed by atoms with van der Waals surface area (Å²) in [5.41, 5.74) is 14.0. The van der Waals surface area contributed by atoms with Crippen molar-refractivity contribution >= 4 is 39.9 Å². The second-order valence-corrected chi connectivity index (χ2v) is 7.20. The van der Waals surface area contributed by atoms with Crippen molar-refractivity contribution in [3.63, 3.8) is 0 Å². The molecule has 0 atom stereocenters. The van der Waals surface area contributed by atoms with Gasteiger partial charge in [0.05, 0.1) is 16.9 Å². The first kappa shape index (κ1) is 20.8. The molecular formula is C24H20FN5O2. The minimum atomic E-state index is -0.502. The van der Waals surface area contributed by atoms with Gasteiger partial charge in [-0.05, 0) is 60.2 Å². The number of amides is 2. The number of rotatable bonds is 6. The molecule has 0 aliphatic rings. The Kier molecular flexibility index (Phi) is 5.67. The average Bonchev–Trinajstić information content (AvgIpc) is 2.79. The zero-order valence-corrected chi connectivity index (χ0v) is 16.9. The van der Waals surface area contributed by atoms with Crippen molar-refractivity contribution in [3.8, 4) is 0 Å². The van der Waals surface area contributed by atoms with Crippen molar-refractivity contribution in [3.05, 3.63) is 95.3 Å². The van der Waals surface area contributed by atoms with Gasteiger partial charge in [0.25, 0.3) is 5.91 Å². The van der Waals surface area contributed by atoms with Gasteiger partial charge in [0.2, 0.25) is 5.91 Å². The Hall–Kier alpha value is -4.46. The van der Waals surface area contributed by atoms with Gasteiger partial charge in [-0.2, -0.15) is 0 Å². The fourth-order valence-electron chi connectivity index (χ4n) is 3.18. The molecule has 160 valence electrons. The number of hydrogen-bond donors (Lipinski definition) is 4. The van der Waals surface area contributed by atoms with E-state index in [1.54, 1.807) is 30.3 Å². The third kappa shape index (κ3) is 4.65. The monoisotopic (exact) mass is 429 g/mol. The minimum absolute atomic E-state index is 0.157. The molecule has 0 bridgehead atoms. The van der Waals surface area contributed by atoms with Crippen LogP contribution in [-0.4, -0.2) is 16.8 Å². The summed E-state index contributed by atoms with van der Waals surface area (Å²) in [7, 11) is 0. The highest BCUT2D eigenvalue weighted by atomic mass is 19.1. The summed E-state index contributed by atoms with van der Waals surface area (Å²) in [5, 5.41) is 6.80. The van der Waals surface area contributed by atoms with E-state index in [0.717, 1.165) is 17.0 Å². The van der Waals surface area contributed by atoms with Gasteiger partial charge in [-0.25, -0.2) is 9.37 Å². The Morgan fingerprint density at radius 1 is 0.906 bits per heavy atom. The highest BCUT2D eigenvalue weighted by molar-refractivity contribution is 6.05. The van der Waals surface area contributed by atoms with E-state index in [0.29, 0.717) is 34.7 Å². The molecule has 0 saturated heterocycles. The van der Waals surface area contributed by atoms with Crippen LogP contribution >= 0.6 is 0 Å². The number of nitrogens with one attached hydrogen (secondary N) is 2. The Labute approximate surface area is 183 Å². The molecule has 0 radical (unpaired) electrons. The Morgan fingerprint density at radius 3 is 2.34 bits per heavy atom. The van der Waals surface area contributed by atoms with E-state index in [1.165, 1.54) is 12.1 Å². The fraction of sp³-hybridized carbons (Fsp3) is 0.0417. The molecule has 3 aromatic carbocycles. The summed E-state index contributed by atoms with van der Waals surface area (Å²) < 4.78 is 13.2. The molecule has 0 spiro atoms. The Morgan fingerprint density at radius 2 is 1.62 bits per heavy atom. The zero-order valence-electron chi connectivity index (χ0n) is 16.9. The average molecular weight is 429 g/mol. The molecule has 0 fully saturated rings. The van der Waals surface area contributed by atoms with Crippen LogP contribution in [0.2, 0.25) is 0 Å². The Bertz CT molecular complexity index is 1320. The molecule has 0 saturated carbocycles. The fourth-order valence-corrected chi connectivity index (χ4v) is 3.18. The third-order valence-corrected chi connectivity index (χ3v) is 4.93. The number of fused-ring (bicyclic) bond motifs is 1. The number of aromatic nitrogens is 1. The number of halogens is 1. The van der Waals surface area contributed by atoms with Crippen molar-refractivity contribution in [2.45, 2.75) is 6.54 Å². The SMILES string of the molecule is NC(=O)c1ccc2ccc(NCc3ccc(C(=O)Nc4ccc(F)cc4N)cc3)nc2c1. The zero-order chi connectivity index (χ0) is 22.7. The number of nitrogens with two attached hydrogens (primary N) is 2. The molecule has 4 rings (SSSR count). The molecule has 1 aromatic heterocycles. The summed E-state index contributed by atoms with van der Waals surface area (Å²) in [4.78, 5) is 28.3. The molecule has 0 aliphatic heterocycles. The molecular weight excluding hydrogens is 409 g/mol. The molecule has 8 heteroatoms. The predicted octanol–water partition coefficient (Wildman–Crippen LogP) is 3.92. The number of primary amides is 1. The van der Waals surface area contributed by atoms with Crippen molar-refractivity contribution in [2.75, 3.05) is 16.4 Å². The maximum Gasteiger partial charge on any atom is 0.255 e. The van der Waals surface area contributed by atoms with Gasteiger partial charge in [0.1, 0.15) is 11.6 Å². The van der Waals surface area contributed by atoms with Crippen LogP contribution in [0.5, 0.6) is 0 Å². The van der Waals surface area contributed by atoms with Gasteiger partial charge in [-0.15, -0.1) is 0 Å². The number of pyridine rings is 1. The quantitative estimate of drug-likeness (QED) is 0.346. The van der Waals surface area contributed by atoms with E-state index in [9.17, 15) is 14.0 Å². The second-order valence-electron chi connectivity index (χ2n) is 7.20. The summed E-state index contributed by atoms with van der Waals surface area (Å²) in [6.07, 6.45) is 0. The molecule has 32 heavy (non-hydrogen) atoms. The molecule has 0 unspecified atom stereocenters. The first-order valence-electron chi connectivity index (χ1n) is 9.79. The van der Waals surface area contributed by atoms with Gasteiger partial charge in [-0.3, -0.25) is 9.59 Å². The minimum Gasteiger partial charge on any atom is -0.397 e. The number of carbonyl (C=O) groups excluding carboxylic acids is 2. The lowest BCUT2D eigenvalue weighted by atomic mass is 10.1. The van der Waals surface area contributed by atoms with E-state index >= 15 is 0 Å². The maximum atomic E-state index is 13.2. The maximum absolute atomic E-state index is 13.2. The summed E-state index contributed by atoms with van der Waals surface area (Å²) >= 11 is 0. The molecule has 2 amide bonds. The first-order valence-corrected chi connectivity index (χ1v) is 9.79. The van der Waals surface area contributed by atoms with Crippen LogP contribution in [0.25, 0.3) is 10.9 Å². The lowest BCUT2D eigenvalue weighted by Crippen LogP contribution is -2.13. The highest BCUT2D eigenvalue weighted by Crippen LogP contribution is 2.21. The predicted molar refractivity (Wildman–Crippen MR) is 123 cm³/mol. The van der Waals surface area contributed by atoms with Crippen molar-refractivity contribution in [1.29, 1.82) is 0 Å². The van der Waals surface area contributed by atoms with Crippen LogP contribution in [0.3, 0.4) is 0 Å². The molecule has 6 N–H and O–H groups in total. The van der Waals surface area contributed by atoms with Gasteiger partial charge in [0.15, 0.2) is 0 Å². The summed E-state index contributed by atoms with van der Waals surface area (Å²) in [5.74, 6) is -0.665. The smallest absolute Gasteiger partial charge is 0.255 e. The first-order chi connectivity index (χ1) is 15.4. The number of hydrogen-bond acceptors (Lipinski definition) is 5. The number of nitrogens with zero attached hydrogens (tertiary/aromatic N) is 1. The largest absolute Gasteiger partial charge is 0.397 e. The molecule has 0 aliphatic carbocycles. The number of anilines is 3. The highest BCUT2D eigenvalue weighted by Gasteiger charge is 2.09. The summed E-state index contributed by atoms with van der Waals surface area (Å²) in [6, 6.07) is 19.7. The molecule has 4 aromatic rings. The lowest BCUT2D eigenvalue weighted by Gasteiger charge is -2.10. The lowest BCUT2D eigenvalue weighted by molar-refractivity contribution is 0.0997. The number of carbonyl (C=O) groups is 2.